The maximum Gasteiger partial charge on any atom is 0.270 e. The number of hydrogen-bond donors (Lipinski definition) is 0. The van der Waals surface area contributed by atoms with E-state index in [1.54, 1.807) is 0 Å². The number of nitrogens with zero attached hydrogens (tertiary/aromatic N) is 4. The van der Waals surface area contributed by atoms with E-state index in [-0.39, 0.29) is 11.8 Å². The van der Waals surface area contributed by atoms with Crippen LogP contribution in [0.5, 0.6) is 0 Å². The fourth-order valence-corrected chi connectivity index (χ4v) is 3.93. The number of anilines is 1. The lowest BCUT2D eigenvalue weighted by molar-refractivity contribution is -0.126. The Kier molecular flexibility index (Phi) is 6.16. The van der Waals surface area contributed by atoms with Crippen LogP contribution in [0.25, 0.3) is 0 Å². The molecule has 2 heterocycles. The van der Waals surface area contributed by atoms with E-state index in [4.69, 9.17) is 11.6 Å². The smallest absolute Gasteiger partial charge is 0.270 e. The second kappa shape index (κ2) is 8.98. The molecular weight excluding hydrogens is 400 g/mol. The Hall–Kier alpha value is -2.70. The first-order valence-corrected chi connectivity index (χ1v) is 10.6. The van der Waals surface area contributed by atoms with E-state index in [1.807, 2.05) is 60.4 Å². The minimum atomic E-state index is -0.0788. The Morgan fingerprint density at radius 3 is 2.47 bits per heavy atom. The SMILES string of the molecule is Cc1cccc(N2N=C(C(=O)N3CCN(Cc4ccc(Cl)cc4)CC3)CCC2=O)c1. The maximum absolute atomic E-state index is 13.0. The molecule has 0 atom stereocenters. The predicted molar refractivity (Wildman–Crippen MR) is 119 cm³/mol. The van der Waals surface area contributed by atoms with Gasteiger partial charge in [0.15, 0.2) is 0 Å². The van der Waals surface area contributed by atoms with Crippen molar-refractivity contribution in [1.29, 1.82) is 0 Å². The van der Waals surface area contributed by atoms with Crippen molar-refractivity contribution in [2.24, 2.45) is 5.10 Å². The van der Waals surface area contributed by atoms with Crippen LogP contribution in [0.2, 0.25) is 5.02 Å². The minimum absolute atomic E-state index is 0.0636. The molecule has 2 aromatic rings. The lowest BCUT2D eigenvalue weighted by Gasteiger charge is -2.35. The van der Waals surface area contributed by atoms with Gasteiger partial charge in [-0.05, 0) is 42.3 Å². The average Bonchev–Trinajstić information content (AvgIpc) is 2.76. The molecule has 156 valence electrons. The molecule has 2 aliphatic heterocycles. The van der Waals surface area contributed by atoms with Crippen LogP contribution in [0.4, 0.5) is 5.69 Å². The van der Waals surface area contributed by atoms with E-state index in [0.717, 1.165) is 30.2 Å². The highest BCUT2D eigenvalue weighted by Crippen LogP contribution is 2.22. The van der Waals surface area contributed by atoms with Gasteiger partial charge in [-0.15, -0.1) is 0 Å². The topological polar surface area (TPSA) is 56.2 Å². The van der Waals surface area contributed by atoms with Crippen molar-refractivity contribution >= 4 is 34.8 Å². The molecule has 2 aromatic carbocycles. The van der Waals surface area contributed by atoms with Crippen LogP contribution >= 0.6 is 11.6 Å². The number of hydrogen-bond acceptors (Lipinski definition) is 4. The number of aryl methyl sites for hydroxylation is 1. The van der Waals surface area contributed by atoms with Gasteiger partial charge in [0.05, 0.1) is 5.69 Å². The van der Waals surface area contributed by atoms with Crippen molar-refractivity contribution in [2.45, 2.75) is 26.3 Å². The first kappa shape index (κ1) is 20.6. The number of amides is 2. The number of carbonyl (C=O) groups is 2. The molecule has 0 aromatic heterocycles. The Labute approximate surface area is 181 Å². The summed E-state index contributed by atoms with van der Waals surface area (Å²) in [7, 11) is 0. The number of rotatable bonds is 4. The zero-order valence-corrected chi connectivity index (χ0v) is 17.8. The van der Waals surface area contributed by atoms with Crippen molar-refractivity contribution < 1.29 is 9.59 Å². The van der Waals surface area contributed by atoms with Gasteiger partial charge >= 0.3 is 0 Å². The van der Waals surface area contributed by atoms with Gasteiger partial charge in [0.1, 0.15) is 5.71 Å². The zero-order valence-electron chi connectivity index (χ0n) is 17.1. The van der Waals surface area contributed by atoms with Crippen LogP contribution < -0.4 is 5.01 Å². The predicted octanol–water partition coefficient (Wildman–Crippen LogP) is 3.48. The Bertz CT molecular complexity index is 965. The molecular formula is C23H25ClN4O2. The summed E-state index contributed by atoms with van der Waals surface area (Å²) in [6, 6.07) is 15.5. The van der Waals surface area contributed by atoms with Gasteiger partial charge in [-0.3, -0.25) is 14.5 Å². The van der Waals surface area contributed by atoms with Crippen LogP contribution in [0, 0.1) is 6.92 Å². The second-order valence-corrected chi connectivity index (χ2v) is 8.22. The molecule has 0 spiro atoms. The van der Waals surface area contributed by atoms with E-state index < -0.39 is 0 Å². The first-order valence-electron chi connectivity index (χ1n) is 10.2. The lowest BCUT2D eigenvalue weighted by Crippen LogP contribution is -2.51. The molecule has 1 saturated heterocycles. The van der Waals surface area contributed by atoms with Crippen LogP contribution in [0.3, 0.4) is 0 Å². The third-order valence-electron chi connectivity index (χ3n) is 5.50. The summed E-state index contributed by atoms with van der Waals surface area (Å²) in [5.41, 5.74) is 3.42. The first-order chi connectivity index (χ1) is 14.5. The highest BCUT2D eigenvalue weighted by atomic mass is 35.5. The minimum Gasteiger partial charge on any atom is -0.335 e. The highest BCUT2D eigenvalue weighted by Gasteiger charge is 2.30. The third kappa shape index (κ3) is 4.71. The maximum atomic E-state index is 13.0. The van der Waals surface area contributed by atoms with Gasteiger partial charge in [0.2, 0.25) is 5.91 Å². The molecule has 0 unspecified atom stereocenters. The molecule has 0 bridgehead atoms. The van der Waals surface area contributed by atoms with Gasteiger partial charge in [0, 0.05) is 50.6 Å². The normalized spacial score (nSPS) is 17.8. The average molecular weight is 425 g/mol. The van der Waals surface area contributed by atoms with Crippen molar-refractivity contribution in [3.8, 4) is 0 Å². The number of piperazine rings is 1. The standard InChI is InChI=1S/C23H25ClN4O2/c1-17-3-2-4-20(15-17)28-22(29)10-9-21(25-28)23(30)27-13-11-26(12-14-27)16-18-5-7-19(24)8-6-18/h2-8,15H,9-14,16H2,1H3. The number of benzene rings is 2. The Balaban J connectivity index is 1.39. The molecule has 0 N–H and O–H groups in total. The van der Waals surface area contributed by atoms with Crippen LogP contribution in [0.1, 0.15) is 24.0 Å². The van der Waals surface area contributed by atoms with E-state index >= 15 is 0 Å². The van der Waals surface area contributed by atoms with Crippen LogP contribution in [0.15, 0.2) is 53.6 Å². The lowest BCUT2D eigenvalue weighted by atomic mass is 10.1. The summed E-state index contributed by atoms with van der Waals surface area (Å²) in [5, 5.41) is 6.54. The third-order valence-corrected chi connectivity index (χ3v) is 5.76. The number of carbonyl (C=O) groups excluding carboxylic acids is 2. The molecule has 0 saturated carbocycles. The van der Waals surface area contributed by atoms with Gasteiger partial charge in [-0.25, -0.2) is 5.01 Å². The van der Waals surface area contributed by atoms with Crippen molar-refractivity contribution in [3.05, 3.63) is 64.7 Å². The van der Waals surface area contributed by atoms with Gasteiger partial charge in [-0.1, -0.05) is 35.9 Å². The van der Waals surface area contributed by atoms with Crippen LogP contribution in [-0.2, 0) is 16.1 Å². The molecule has 6 nitrogen and oxygen atoms in total. The van der Waals surface area contributed by atoms with E-state index in [2.05, 4.69) is 10.0 Å². The van der Waals surface area contributed by atoms with Gasteiger partial charge < -0.3 is 4.90 Å². The Morgan fingerprint density at radius 1 is 1.03 bits per heavy atom. The summed E-state index contributed by atoms with van der Waals surface area (Å²) in [4.78, 5) is 29.6. The van der Waals surface area contributed by atoms with Gasteiger partial charge in [-0.2, -0.15) is 5.10 Å². The quantitative estimate of drug-likeness (QED) is 0.755. The summed E-state index contributed by atoms with van der Waals surface area (Å²) in [6.45, 7) is 5.74. The van der Waals surface area contributed by atoms with E-state index in [9.17, 15) is 9.59 Å². The molecule has 0 radical (unpaired) electrons. The van der Waals surface area contributed by atoms with Crippen molar-refractivity contribution in [3.63, 3.8) is 0 Å². The second-order valence-electron chi connectivity index (χ2n) is 7.79. The van der Waals surface area contributed by atoms with E-state index in [1.165, 1.54) is 10.6 Å². The van der Waals surface area contributed by atoms with Crippen molar-refractivity contribution in [2.75, 3.05) is 31.2 Å². The number of halogens is 1. The zero-order chi connectivity index (χ0) is 21.1. The monoisotopic (exact) mass is 424 g/mol. The largest absolute Gasteiger partial charge is 0.335 e. The fourth-order valence-electron chi connectivity index (χ4n) is 3.81. The Morgan fingerprint density at radius 2 is 1.77 bits per heavy atom. The van der Waals surface area contributed by atoms with E-state index in [0.29, 0.717) is 37.3 Å². The molecule has 30 heavy (non-hydrogen) atoms. The summed E-state index contributed by atoms with van der Waals surface area (Å²) >= 11 is 5.95. The van der Waals surface area contributed by atoms with Crippen molar-refractivity contribution in [1.82, 2.24) is 9.80 Å². The van der Waals surface area contributed by atoms with Gasteiger partial charge in [0.25, 0.3) is 5.91 Å². The molecule has 4 rings (SSSR count). The number of hydrazone groups is 1. The molecule has 7 heteroatoms. The summed E-state index contributed by atoms with van der Waals surface area (Å²) in [5.74, 6) is -0.142. The summed E-state index contributed by atoms with van der Waals surface area (Å²) in [6.07, 6.45) is 0.694. The molecule has 2 amide bonds. The fraction of sp³-hybridized carbons (Fsp3) is 0.348. The molecule has 0 aliphatic carbocycles. The van der Waals surface area contributed by atoms with Crippen LogP contribution in [-0.4, -0.2) is 53.5 Å². The molecule has 2 aliphatic rings. The summed E-state index contributed by atoms with van der Waals surface area (Å²) < 4.78 is 0. The highest BCUT2D eigenvalue weighted by molar-refractivity contribution is 6.40. The molecule has 1 fully saturated rings.